The van der Waals surface area contributed by atoms with Crippen LogP contribution in [0.15, 0.2) is 110 Å². The van der Waals surface area contributed by atoms with Gasteiger partial charge in [0.2, 0.25) is 23.7 Å². The van der Waals surface area contributed by atoms with Gasteiger partial charge in [0.1, 0.15) is 59.8 Å². The molecule has 6 heterocycles. The molecule has 2 aliphatic carbocycles. The van der Waals surface area contributed by atoms with Gasteiger partial charge in [-0.2, -0.15) is 19.9 Å². The van der Waals surface area contributed by atoms with Crippen molar-refractivity contribution in [2.24, 2.45) is 11.8 Å². The van der Waals surface area contributed by atoms with Crippen LogP contribution in [0.3, 0.4) is 0 Å². The predicted molar refractivity (Wildman–Crippen MR) is 341 cm³/mol. The highest BCUT2D eigenvalue weighted by molar-refractivity contribution is 5.87. The number of aliphatic hydroxyl groups excluding tert-OH is 5. The van der Waals surface area contributed by atoms with E-state index in [2.05, 4.69) is 31.1 Å². The van der Waals surface area contributed by atoms with Crippen LogP contribution in [0.4, 0.5) is 23.5 Å². The molecular weight excluding hydrogens is 1180 g/mol. The van der Waals surface area contributed by atoms with Crippen LogP contribution >= 0.6 is 0 Å². The second-order valence-corrected chi connectivity index (χ2v) is 24.2. The number of ketones is 1. The number of carbonyl (C=O) groups is 3. The van der Waals surface area contributed by atoms with E-state index in [-0.39, 0.29) is 42.8 Å². The minimum atomic E-state index is -1.34. The minimum absolute atomic E-state index is 0.0215. The number of amides is 2. The van der Waals surface area contributed by atoms with E-state index < -0.39 is 73.2 Å². The van der Waals surface area contributed by atoms with Crippen LogP contribution in [0.2, 0.25) is 0 Å². The summed E-state index contributed by atoms with van der Waals surface area (Å²) < 4.78 is 25.5. The lowest BCUT2D eigenvalue weighted by atomic mass is 9.94. The number of fused-ring (bicyclic) bond motifs is 2. The van der Waals surface area contributed by atoms with Gasteiger partial charge in [0.25, 0.3) is 0 Å². The Labute approximate surface area is 531 Å². The van der Waals surface area contributed by atoms with Gasteiger partial charge in [0, 0.05) is 45.4 Å². The number of hydrogen-bond donors (Lipinski definition) is 9. The number of methoxy groups -OCH3 is 4. The van der Waals surface area contributed by atoms with Gasteiger partial charge in [-0.3, -0.25) is 14.4 Å². The quantitative estimate of drug-likeness (QED) is 0.0392. The van der Waals surface area contributed by atoms with Crippen molar-refractivity contribution in [3.05, 3.63) is 132 Å². The number of rotatable bonds is 24. The van der Waals surface area contributed by atoms with Crippen molar-refractivity contribution in [2.75, 3.05) is 81.7 Å². The van der Waals surface area contributed by atoms with Crippen molar-refractivity contribution in [2.45, 2.75) is 113 Å². The fourth-order valence-corrected chi connectivity index (χ4v) is 13.5. The average molecular weight is 1260 g/mol. The van der Waals surface area contributed by atoms with Gasteiger partial charge < -0.3 is 84.7 Å². The summed E-state index contributed by atoms with van der Waals surface area (Å²) in [6.07, 6.45) is 0.627. The molecular formula is C66H78N14O12. The topological polar surface area (TPSA) is 331 Å². The van der Waals surface area contributed by atoms with Gasteiger partial charge in [0.15, 0.2) is 34.0 Å². The van der Waals surface area contributed by atoms with Gasteiger partial charge in [-0.25, -0.2) is 9.97 Å². The van der Waals surface area contributed by atoms with E-state index in [1.54, 1.807) is 57.2 Å². The smallest absolute Gasteiger partial charge is 0.246 e. The van der Waals surface area contributed by atoms with Crippen LogP contribution in [0.5, 0.6) is 23.0 Å². The van der Waals surface area contributed by atoms with E-state index >= 15 is 0 Å². The summed E-state index contributed by atoms with van der Waals surface area (Å²) in [6.45, 7) is 3.03. The Morgan fingerprint density at radius 2 is 0.880 bits per heavy atom. The molecule has 4 fully saturated rings. The number of carbonyl (C=O) groups excluding carboxylic acids is 3. The lowest BCUT2D eigenvalue weighted by Crippen LogP contribution is -2.44. The molecule has 9 N–H and O–H groups in total. The summed E-state index contributed by atoms with van der Waals surface area (Å²) in [5, 5.41) is 67.8. The number of Topliss-reactive ketones (excluding diaryl/α,β-unsaturated/α-hetero) is 1. The van der Waals surface area contributed by atoms with Crippen molar-refractivity contribution >= 4 is 63.5 Å². The van der Waals surface area contributed by atoms with E-state index in [4.69, 9.17) is 48.9 Å². The number of ether oxygens (including phenoxy) is 4. The first-order chi connectivity index (χ1) is 44.6. The van der Waals surface area contributed by atoms with Crippen molar-refractivity contribution in [3.8, 4) is 23.0 Å². The third-order valence-electron chi connectivity index (χ3n) is 18.5. The molecule has 484 valence electrons. The van der Waals surface area contributed by atoms with E-state index in [0.29, 0.717) is 121 Å². The van der Waals surface area contributed by atoms with Gasteiger partial charge in [0.05, 0.1) is 77.3 Å². The molecule has 0 bridgehead atoms. The number of nitrogens with zero attached hydrogens (tertiary/aromatic N) is 10. The number of anilines is 4. The number of imidazole rings is 2. The fourth-order valence-electron chi connectivity index (χ4n) is 13.5. The first kappa shape index (κ1) is 63.0. The highest BCUT2D eigenvalue weighted by Crippen LogP contribution is 2.41. The highest BCUT2D eigenvalue weighted by Gasteiger charge is 2.46. The molecule has 0 spiro atoms. The molecule has 92 heavy (non-hydrogen) atoms. The van der Waals surface area contributed by atoms with Crippen LogP contribution in [0.1, 0.15) is 98.3 Å². The number of nitrogens with one attached hydrogen (secondary N) is 4. The van der Waals surface area contributed by atoms with E-state index in [1.165, 1.54) is 0 Å². The normalized spacial score (nSPS) is 23.0. The third-order valence-corrected chi connectivity index (χ3v) is 18.5. The highest BCUT2D eigenvalue weighted by atomic mass is 16.5. The summed E-state index contributed by atoms with van der Waals surface area (Å²) in [5.41, 5.74) is 5.23. The maximum atomic E-state index is 14.4. The summed E-state index contributed by atoms with van der Waals surface area (Å²) >= 11 is 0. The Morgan fingerprint density at radius 3 is 1.22 bits per heavy atom. The Bertz CT molecular complexity index is 3550. The zero-order valence-electron chi connectivity index (χ0n) is 51.9. The zero-order chi connectivity index (χ0) is 64.3. The SMILES string of the molecule is CCC(=O)N[C@H]1C[C@@H](n2cnc3c(NC(c4ccc(OC)cc4)c4ccc(OC)cc4)nc(N4CC[C@@H](CC(=O)C[C@@H]5CCN(c6nc(NC(c7ccc(OC)cc7)c7ccc(OC)cc7)c7ncn([C@@H]8C[C@H](NC(=O)CO)[C@@H](O)[C@H]8O)c7n6)C5)C4)nc32)[C@H](O)[C@@H]1O. The average Bonchev–Trinajstić information content (AvgIpc) is 1.59. The lowest BCUT2D eigenvalue weighted by Gasteiger charge is -2.24. The Morgan fingerprint density at radius 1 is 0.522 bits per heavy atom. The summed E-state index contributed by atoms with van der Waals surface area (Å²) in [4.78, 5) is 73.6. The fraction of sp³-hybridized carbons (Fsp3) is 0.439. The van der Waals surface area contributed by atoms with Crippen LogP contribution < -0.4 is 50.0 Å². The van der Waals surface area contributed by atoms with Crippen molar-refractivity contribution in [1.29, 1.82) is 0 Å². The lowest BCUT2D eigenvalue weighted by molar-refractivity contribution is -0.125. The second kappa shape index (κ2) is 27.3. The standard InChI is InChI=1S/C66H78N14O12/c1-6-51(83)69-47-29-49(59(87)57(47)85)79-34-67-55-61(71-53(38-7-15-43(89-2)16-8-38)39-9-17-44(90-3)18-10-39)73-65(75-63(55)79)77-25-23-36(31-77)27-42(82)28-37-24-26-78(32-37)66-74-62(72-54(40-11-19-45(91-4)20-12-40)41-13-21-46(92-5)22-14-41)56-64(76-66)80(35-68-56)50-30-48(58(86)60(50)88)70-52(84)33-81/h7-22,34-37,47-50,53-54,57-60,81,85-88H,6,23-33H2,1-5H3,(H,69,83)(H,70,84)(H,71,73,75)(H,72,74,76)/t36-,37-,47-,48-,49+,50+,57+,58+,59-,60-/m0/s1. The minimum Gasteiger partial charge on any atom is -0.497 e. The molecule has 2 saturated heterocycles. The maximum Gasteiger partial charge on any atom is 0.246 e. The summed E-state index contributed by atoms with van der Waals surface area (Å²) in [6, 6.07) is 27.0. The van der Waals surface area contributed by atoms with Gasteiger partial charge in [-0.15, -0.1) is 0 Å². The monoisotopic (exact) mass is 1260 g/mol. The van der Waals surface area contributed by atoms with E-state index in [1.807, 2.05) is 97.1 Å². The molecule has 12 rings (SSSR count). The molecule has 26 heteroatoms. The predicted octanol–water partition coefficient (Wildman–Crippen LogP) is 4.81. The number of aliphatic hydroxyl groups is 5. The summed E-state index contributed by atoms with van der Waals surface area (Å²) in [5.74, 6) is 3.50. The summed E-state index contributed by atoms with van der Waals surface area (Å²) in [7, 11) is 6.45. The first-order valence-electron chi connectivity index (χ1n) is 31.2. The van der Waals surface area contributed by atoms with Crippen LogP contribution in [-0.2, 0) is 14.4 Å². The van der Waals surface area contributed by atoms with Gasteiger partial charge in [-0.05, 0) is 108 Å². The van der Waals surface area contributed by atoms with Crippen LogP contribution in [-0.4, -0.2) is 180 Å². The molecule has 0 unspecified atom stereocenters. The van der Waals surface area contributed by atoms with E-state index in [9.17, 15) is 39.9 Å². The van der Waals surface area contributed by atoms with E-state index in [0.717, 1.165) is 22.3 Å². The first-order valence-corrected chi connectivity index (χ1v) is 31.2. The number of aromatic nitrogens is 8. The molecule has 4 aromatic carbocycles. The molecule has 2 amide bonds. The van der Waals surface area contributed by atoms with Crippen LogP contribution in [0, 0.1) is 11.8 Å². The molecule has 0 radical (unpaired) electrons. The molecule has 4 aromatic heterocycles. The Kier molecular flexibility index (Phi) is 18.7. The molecule has 4 aliphatic rings. The zero-order valence-corrected chi connectivity index (χ0v) is 51.9. The van der Waals surface area contributed by atoms with Crippen molar-refractivity contribution in [1.82, 2.24) is 49.7 Å². The maximum absolute atomic E-state index is 14.4. The molecule has 8 aromatic rings. The Balaban J connectivity index is 0.799. The van der Waals surface area contributed by atoms with Gasteiger partial charge in [-0.1, -0.05) is 55.5 Å². The van der Waals surface area contributed by atoms with Crippen molar-refractivity contribution in [3.63, 3.8) is 0 Å². The van der Waals surface area contributed by atoms with Crippen LogP contribution in [0.25, 0.3) is 22.3 Å². The molecule has 2 aliphatic heterocycles. The molecule has 26 nitrogen and oxygen atoms in total. The van der Waals surface area contributed by atoms with Crippen molar-refractivity contribution < 1.29 is 58.9 Å². The second-order valence-electron chi connectivity index (χ2n) is 24.2. The molecule has 10 atom stereocenters. The number of hydrogen-bond acceptors (Lipinski definition) is 22. The Hall–Kier alpha value is -9.21. The van der Waals surface area contributed by atoms with Gasteiger partial charge >= 0.3 is 0 Å². The number of benzene rings is 4. The molecule has 2 saturated carbocycles. The third kappa shape index (κ3) is 13.0. The largest absolute Gasteiger partial charge is 0.497 e.